The molecule has 0 aliphatic carbocycles. The van der Waals surface area contributed by atoms with Gasteiger partial charge in [0.2, 0.25) is 0 Å². The van der Waals surface area contributed by atoms with Crippen molar-refractivity contribution in [1.82, 2.24) is 9.80 Å². The van der Waals surface area contributed by atoms with Gasteiger partial charge in [0.05, 0.1) is 12.7 Å². The lowest BCUT2D eigenvalue weighted by molar-refractivity contribution is 0.0600. The van der Waals surface area contributed by atoms with E-state index in [1.54, 1.807) is 6.07 Å². The van der Waals surface area contributed by atoms with E-state index in [0.717, 1.165) is 38.3 Å². The lowest BCUT2D eigenvalue weighted by atomic mass is 10.1. The maximum atomic E-state index is 11.6. The average molecular weight is 263 g/mol. The predicted octanol–water partition coefficient (Wildman–Crippen LogP) is 0.803. The average Bonchev–Trinajstić information content (AvgIpc) is 2.40. The quantitative estimate of drug-likeness (QED) is 0.646. The summed E-state index contributed by atoms with van der Waals surface area (Å²) in [6.07, 6.45) is 0. The smallest absolute Gasteiger partial charge is 0.337 e. The number of ether oxygens (including phenoxy) is 1. The van der Waals surface area contributed by atoms with Crippen LogP contribution in [0, 0.1) is 0 Å². The normalized spacial score (nSPS) is 17.4. The minimum atomic E-state index is -0.341. The van der Waals surface area contributed by atoms with Crippen LogP contribution in [0.2, 0.25) is 0 Å². The highest BCUT2D eigenvalue weighted by Crippen LogP contribution is 2.15. The minimum absolute atomic E-state index is 0.341. The summed E-state index contributed by atoms with van der Waals surface area (Å²) in [5, 5.41) is 0. The van der Waals surface area contributed by atoms with E-state index in [9.17, 15) is 4.79 Å². The number of esters is 1. The van der Waals surface area contributed by atoms with Gasteiger partial charge < -0.3 is 15.4 Å². The Morgan fingerprint density at radius 2 is 1.95 bits per heavy atom. The molecule has 19 heavy (non-hydrogen) atoms. The Kier molecular flexibility index (Phi) is 4.39. The number of likely N-dealkylation sites (N-methyl/N-ethyl adjacent to an activating group) is 1. The van der Waals surface area contributed by atoms with Gasteiger partial charge in [-0.1, -0.05) is 0 Å². The number of nitrogens with two attached hydrogens (primary N) is 1. The number of hydrogen-bond acceptors (Lipinski definition) is 5. The van der Waals surface area contributed by atoms with E-state index in [0.29, 0.717) is 11.3 Å². The zero-order chi connectivity index (χ0) is 13.8. The fraction of sp³-hybridized carbons (Fsp3) is 0.500. The van der Waals surface area contributed by atoms with Gasteiger partial charge in [-0.25, -0.2) is 4.79 Å². The molecule has 0 saturated carbocycles. The van der Waals surface area contributed by atoms with Crippen LogP contribution in [0.4, 0.5) is 5.69 Å². The molecule has 0 unspecified atom stereocenters. The number of nitrogen functional groups attached to an aromatic ring is 1. The number of hydrogen-bond donors (Lipinski definition) is 1. The molecular formula is C14H21N3O2. The van der Waals surface area contributed by atoms with Crippen molar-refractivity contribution in [1.29, 1.82) is 0 Å². The Morgan fingerprint density at radius 3 is 2.58 bits per heavy atom. The van der Waals surface area contributed by atoms with E-state index in [1.807, 2.05) is 12.1 Å². The van der Waals surface area contributed by atoms with Crippen molar-refractivity contribution in [3.05, 3.63) is 29.3 Å². The molecule has 1 fully saturated rings. The van der Waals surface area contributed by atoms with E-state index in [2.05, 4.69) is 16.8 Å². The fourth-order valence-corrected chi connectivity index (χ4v) is 2.31. The summed E-state index contributed by atoms with van der Waals surface area (Å²) in [6.45, 7) is 5.05. The molecule has 2 rings (SSSR count). The number of carbonyl (C=O) groups excluding carboxylic acids is 1. The standard InChI is InChI=1S/C14H21N3O2/c1-16-3-5-17(6-4-16)10-11-7-12(14(18)19-2)9-13(15)8-11/h7-9H,3-6,10,15H2,1-2H3. The van der Waals surface area contributed by atoms with Gasteiger partial charge in [-0.3, -0.25) is 4.90 Å². The molecule has 2 N–H and O–H groups in total. The third kappa shape index (κ3) is 3.68. The summed E-state index contributed by atoms with van der Waals surface area (Å²) in [6, 6.07) is 5.44. The molecule has 0 spiro atoms. The van der Waals surface area contributed by atoms with Crippen molar-refractivity contribution in [2.45, 2.75) is 6.54 Å². The molecular weight excluding hydrogens is 242 g/mol. The summed E-state index contributed by atoms with van der Waals surface area (Å²) < 4.78 is 4.74. The summed E-state index contributed by atoms with van der Waals surface area (Å²) >= 11 is 0. The van der Waals surface area contributed by atoms with Gasteiger partial charge in [-0.15, -0.1) is 0 Å². The van der Waals surface area contributed by atoms with Crippen LogP contribution in [0.25, 0.3) is 0 Å². The minimum Gasteiger partial charge on any atom is -0.465 e. The summed E-state index contributed by atoms with van der Waals surface area (Å²) in [5.41, 5.74) is 8.03. The first-order valence-corrected chi connectivity index (χ1v) is 6.47. The molecule has 1 saturated heterocycles. The lowest BCUT2D eigenvalue weighted by Gasteiger charge is -2.32. The largest absolute Gasteiger partial charge is 0.465 e. The Labute approximate surface area is 113 Å². The second-order valence-corrected chi connectivity index (χ2v) is 5.03. The summed E-state index contributed by atoms with van der Waals surface area (Å²) in [5.74, 6) is -0.341. The van der Waals surface area contributed by atoms with E-state index < -0.39 is 0 Å². The molecule has 1 aliphatic rings. The van der Waals surface area contributed by atoms with Crippen LogP contribution in [-0.2, 0) is 11.3 Å². The van der Waals surface area contributed by atoms with Crippen LogP contribution in [0.3, 0.4) is 0 Å². The number of anilines is 1. The zero-order valence-corrected chi connectivity index (χ0v) is 11.6. The molecule has 1 aliphatic heterocycles. The number of benzene rings is 1. The Hall–Kier alpha value is -1.59. The molecule has 0 amide bonds. The van der Waals surface area contributed by atoms with Gasteiger partial charge in [0.25, 0.3) is 0 Å². The molecule has 5 heteroatoms. The van der Waals surface area contributed by atoms with E-state index in [4.69, 9.17) is 10.5 Å². The number of carbonyl (C=O) groups is 1. The molecule has 1 aromatic rings. The Bertz CT molecular complexity index is 454. The summed E-state index contributed by atoms with van der Waals surface area (Å²) in [4.78, 5) is 16.2. The second-order valence-electron chi connectivity index (χ2n) is 5.03. The van der Waals surface area contributed by atoms with Gasteiger partial charge in [0, 0.05) is 38.4 Å². The van der Waals surface area contributed by atoms with Crippen molar-refractivity contribution in [2.75, 3.05) is 46.1 Å². The van der Waals surface area contributed by atoms with Gasteiger partial charge >= 0.3 is 5.97 Å². The van der Waals surface area contributed by atoms with Crippen molar-refractivity contribution >= 4 is 11.7 Å². The number of piperazine rings is 1. The van der Waals surface area contributed by atoms with Gasteiger partial charge in [-0.05, 0) is 30.8 Å². The molecule has 5 nitrogen and oxygen atoms in total. The van der Waals surface area contributed by atoms with Crippen LogP contribution < -0.4 is 5.73 Å². The molecule has 0 aromatic heterocycles. The first kappa shape index (κ1) is 13.8. The van der Waals surface area contributed by atoms with Gasteiger partial charge in [0.1, 0.15) is 0 Å². The van der Waals surface area contributed by atoms with Crippen molar-refractivity contribution in [2.24, 2.45) is 0 Å². The van der Waals surface area contributed by atoms with Crippen LogP contribution in [0.15, 0.2) is 18.2 Å². The van der Waals surface area contributed by atoms with Crippen LogP contribution >= 0.6 is 0 Å². The van der Waals surface area contributed by atoms with Gasteiger partial charge in [0.15, 0.2) is 0 Å². The Morgan fingerprint density at radius 1 is 1.26 bits per heavy atom. The number of nitrogens with zero attached hydrogens (tertiary/aromatic N) is 2. The van der Waals surface area contributed by atoms with Crippen molar-refractivity contribution in [3.63, 3.8) is 0 Å². The topological polar surface area (TPSA) is 58.8 Å². The molecule has 1 aromatic carbocycles. The molecule has 0 bridgehead atoms. The third-order valence-electron chi connectivity index (χ3n) is 3.44. The maximum absolute atomic E-state index is 11.6. The zero-order valence-electron chi connectivity index (χ0n) is 11.6. The van der Waals surface area contributed by atoms with E-state index in [1.165, 1.54) is 7.11 Å². The van der Waals surface area contributed by atoms with Crippen molar-refractivity contribution in [3.8, 4) is 0 Å². The summed E-state index contributed by atoms with van der Waals surface area (Å²) in [7, 11) is 3.51. The number of rotatable bonds is 3. The lowest BCUT2D eigenvalue weighted by Crippen LogP contribution is -2.43. The second kappa shape index (κ2) is 6.04. The van der Waals surface area contributed by atoms with Crippen LogP contribution in [0.5, 0.6) is 0 Å². The Balaban J connectivity index is 2.07. The van der Waals surface area contributed by atoms with E-state index >= 15 is 0 Å². The predicted molar refractivity (Wildman–Crippen MR) is 75.0 cm³/mol. The molecule has 1 heterocycles. The molecule has 0 radical (unpaired) electrons. The first-order valence-electron chi connectivity index (χ1n) is 6.47. The highest BCUT2D eigenvalue weighted by molar-refractivity contribution is 5.90. The highest BCUT2D eigenvalue weighted by atomic mass is 16.5. The number of methoxy groups -OCH3 is 1. The first-order chi connectivity index (χ1) is 9.08. The van der Waals surface area contributed by atoms with Crippen molar-refractivity contribution < 1.29 is 9.53 Å². The molecule has 0 atom stereocenters. The van der Waals surface area contributed by atoms with Crippen LogP contribution in [-0.4, -0.2) is 56.1 Å². The highest BCUT2D eigenvalue weighted by Gasteiger charge is 2.15. The maximum Gasteiger partial charge on any atom is 0.337 e. The fourth-order valence-electron chi connectivity index (χ4n) is 2.31. The van der Waals surface area contributed by atoms with E-state index in [-0.39, 0.29) is 5.97 Å². The third-order valence-corrected chi connectivity index (χ3v) is 3.44. The molecule has 104 valence electrons. The van der Waals surface area contributed by atoms with Crippen LogP contribution in [0.1, 0.15) is 15.9 Å². The SMILES string of the molecule is COC(=O)c1cc(N)cc(CN2CCN(C)CC2)c1. The van der Waals surface area contributed by atoms with Gasteiger partial charge in [-0.2, -0.15) is 0 Å². The monoisotopic (exact) mass is 263 g/mol.